The molecule has 0 unspecified atom stereocenters. The van der Waals surface area contributed by atoms with Crippen molar-refractivity contribution in [1.82, 2.24) is 5.32 Å². The average molecular weight is 247 g/mol. The Morgan fingerprint density at radius 3 is 2.61 bits per heavy atom. The number of carbonyl (C=O) groups is 2. The average Bonchev–Trinajstić information content (AvgIpc) is 2.35. The van der Waals surface area contributed by atoms with Gasteiger partial charge in [0, 0.05) is 24.4 Å². The predicted octanol–water partition coefficient (Wildman–Crippen LogP) is 1.56. The van der Waals surface area contributed by atoms with Gasteiger partial charge < -0.3 is 10.4 Å². The summed E-state index contributed by atoms with van der Waals surface area (Å²) in [7, 11) is 0. The molecule has 0 bridgehead atoms. The van der Waals surface area contributed by atoms with Gasteiger partial charge in [0.05, 0.1) is 6.42 Å². The van der Waals surface area contributed by atoms with Crippen molar-refractivity contribution in [2.75, 3.05) is 0 Å². The molecule has 0 atom stereocenters. The summed E-state index contributed by atoms with van der Waals surface area (Å²) in [5.41, 5.74) is 0.627. The molecule has 96 valence electrons. The quantitative estimate of drug-likeness (QED) is 0.852. The lowest BCUT2D eigenvalue weighted by molar-refractivity contribution is -0.124. The molecule has 0 saturated heterocycles. The number of amides is 1. The van der Waals surface area contributed by atoms with Crippen molar-refractivity contribution in [1.29, 1.82) is 0 Å². The molecule has 4 nitrogen and oxygen atoms in total. The van der Waals surface area contributed by atoms with E-state index in [-0.39, 0.29) is 29.9 Å². The van der Waals surface area contributed by atoms with Crippen molar-refractivity contribution in [3.05, 3.63) is 29.8 Å². The molecule has 0 spiro atoms. The van der Waals surface area contributed by atoms with E-state index in [0.29, 0.717) is 18.4 Å². The number of carbonyl (C=O) groups excluding carboxylic acids is 2. The molecule has 2 N–H and O–H groups in total. The maximum Gasteiger partial charge on any atom is 0.224 e. The van der Waals surface area contributed by atoms with Crippen LogP contribution in [0.5, 0.6) is 5.75 Å². The van der Waals surface area contributed by atoms with Crippen molar-refractivity contribution in [2.45, 2.75) is 38.1 Å². The number of benzene rings is 1. The molecule has 1 aromatic rings. The summed E-state index contributed by atoms with van der Waals surface area (Å²) in [6.45, 7) is 0. The zero-order valence-electron chi connectivity index (χ0n) is 10.2. The third-order valence-electron chi connectivity index (χ3n) is 3.25. The SMILES string of the molecule is O=C1CCC(NC(=O)Cc2ccccc2O)CC1. The van der Waals surface area contributed by atoms with Gasteiger partial charge in [0.1, 0.15) is 11.5 Å². The van der Waals surface area contributed by atoms with Gasteiger partial charge in [0.2, 0.25) is 5.91 Å². The van der Waals surface area contributed by atoms with Gasteiger partial charge in [-0.05, 0) is 18.9 Å². The first-order valence-corrected chi connectivity index (χ1v) is 6.23. The Morgan fingerprint density at radius 2 is 1.94 bits per heavy atom. The van der Waals surface area contributed by atoms with Crippen LogP contribution in [0.1, 0.15) is 31.2 Å². The first-order chi connectivity index (χ1) is 8.65. The van der Waals surface area contributed by atoms with E-state index in [0.717, 1.165) is 12.8 Å². The Kier molecular flexibility index (Phi) is 3.97. The first kappa shape index (κ1) is 12.6. The van der Waals surface area contributed by atoms with Crippen LogP contribution in [-0.2, 0) is 16.0 Å². The van der Waals surface area contributed by atoms with E-state index in [4.69, 9.17) is 0 Å². The number of hydrogen-bond donors (Lipinski definition) is 2. The van der Waals surface area contributed by atoms with Crippen molar-refractivity contribution < 1.29 is 14.7 Å². The Hall–Kier alpha value is -1.84. The van der Waals surface area contributed by atoms with Gasteiger partial charge in [-0.1, -0.05) is 18.2 Å². The van der Waals surface area contributed by atoms with Crippen LogP contribution >= 0.6 is 0 Å². The van der Waals surface area contributed by atoms with E-state index in [1.165, 1.54) is 0 Å². The first-order valence-electron chi connectivity index (χ1n) is 6.23. The highest BCUT2D eigenvalue weighted by Crippen LogP contribution is 2.17. The fourth-order valence-electron chi connectivity index (χ4n) is 2.20. The third-order valence-corrected chi connectivity index (χ3v) is 3.25. The number of phenols is 1. The number of rotatable bonds is 3. The summed E-state index contributed by atoms with van der Waals surface area (Å²) >= 11 is 0. The molecule has 1 aromatic carbocycles. The highest BCUT2D eigenvalue weighted by atomic mass is 16.3. The molecule has 0 aliphatic heterocycles. The monoisotopic (exact) mass is 247 g/mol. The Labute approximate surface area is 106 Å². The second-order valence-electron chi connectivity index (χ2n) is 4.69. The van der Waals surface area contributed by atoms with Gasteiger partial charge >= 0.3 is 0 Å². The van der Waals surface area contributed by atoms with Crippen molar-refractivity contribution in [3.8, 4) is 5.75 Å². The van der Waals surface area contributed by atoms with Gasteiger partial charge in [0.15, 0.2) is 0 Å². The number of Topliss-reactive ketones (excluding diaryl/α,β-unsaturated/α-hetero) is 1. The molecular formula is C14H17NO3. The molecule has 1 aliphatic rings. The molecule has 0 radical (unpaired) electrons. The largest absolute Gasteiger partial charge is 0.508 e. The second-order valence-corrected chi connectivity index (χ2v) is 4.69. The Morgan fingerprint density at radius 1 is 1.28 bits per heavy atom. The predicted molar refractivity (Wildman–Crippen MR) is 67.2 cm³/mol. The van der Waals surface area contributed by atoms with Crippen LogP contribution < -0.4 is 5.32 Å². The van der Waals surface area contributed by atoms with Gasteiger partial charge in [-0.15, -0.1) is 0 Å². The summed E-state index contributed by atoms with van der Waals surface area (Å²) < 4.78 is 0. The molecule has 18 heavy (non-hydrogen) atoms. The van der Waals surface area contributed by atoms with E-state index in [2.05, 4.69) is 5.32 Å². The van der Waals surface area contributed by atoms with Gasteiger partial charge in [-0.3, -0.25) is 9.59 Å². The fourth-order valence-corrected chi connectivity index (χ4v) is 2.20. The van der Waals surface area contributed by atoms with E-state index in [1.807, 2.05) is 0 Å². The van der Waals surface area contributed by atoms with Crippen LogP contribution in [0.2, 0.25) is 0 Å². The molecule has 4 heteroatoms. The van der Waals surface area contributed by atoms with E-state index in [9.17, 15) is 14.7 Å². The molecule has 1 aliphatic carbocycles. The van der Waals surface area contributed by atoms with Crippen LogP contribution in [0.25, 0.3) is 0 Å². The summed E-state index contributed by atoms with van der Waals surface area (Å²) in [4.78, 5) is 22.9. The summed E-state index contributed by atoms with van der Waals surface area (Å²) in [5.74, 6) is 0.323. The molecular weight excluding hydrogens is 230 g/mol. The van der Waals surface area contributed by atoms with Crippen molar-refractivity contribution >= 4 is 11.7 Å². The molecule has 0 heterocycles. The van der Waals surface area contributed by atoms with Gasteiger partial charge in [-0.2, -0.15) is 0 Å². The standard InChI is InChI=1S/C14H17NO3/c16-12-7-5-11(6-8-12)15-14(18)9-10-3-1-2-4-13(10)17/h1-4,11,17H,5-9H2,(H,15,18). The third kappa shape index (κ3) is 3.32. The second kappa shape index (κ2) is 5.67. The minimum absolute atomic E-state index is 0.0982. The molecule has 1 fully saturated rings. The van der Waals surface area contributed by atoms with Gasteiger partial charge in [-0.25, -0.2) is 0 Å². The lowest BCUT2D eigenvalue weighted by Crippen LogP contribution is -2.38. The van der Waals surface area contributed by atoms with Gasteiger partial charge in [0.25, 0.3) is 0 Å². The topological polar surface area (TPSA) is 66.4 Å². The van der Waals surface area contributed by atoms with Crippen molar-refractivity contribution in [2.24, 2.45) is 0 Å². The number of aromatic hydroxyl groups is 1. The zero-order valence-corrected chi connectivity index (χ0v) is 10.2. The number of ketones is 1. The highest BCUT2D eigenvalue weighted by molar-refractivity contribution is 5.81. The normalized spacial score (nSPS) is 16.6. The zero-order chi connectivity index (χ0) is 13.0. The maximum absolute atomic E-state index is 11.8. The van der Waals surface area contributed by atoms with Crippen LogP contribution in [-0.4, -0.2) is 22.8 Å². The molecule has 0 aromatic heterocycles. The van der Waals surface area contributed by atoms with Crippen LogP contribution in [0.4, 0.5) is 0 Å². The summed E-state index contributed by atoms with van der Waals surface area (Å²) in [5, 5.41) is 12.5. The summed E-state index contributed by atoms with van der Waals surface area (Å²) in [6.07, 6.45) is 2.75. The maximum atomic E-state index is 11.8. The van der Waals surface area contributed by atoms with E-state index >= 15 is 0 Å². The smallest absolute Gasteiger partial charge is 0.224 e. The van der Waals surface area contributed by atoms with E-state index < -0.39 is 0 Å². The van der Waals surface area contributed by atoms with Crippen LogP contribution in [0.3, 0.4) is 0 Å². The van der Waals surface area contributed by atoms with Crippen LogP contribution in [0.15, 0.2) is 24.3 Å². The number of phenolic OH excluding ortho intramolecular Hbond substituents is 1. The summed E-state index contributed by atoms with van der Waals surface area (Å²) in [6, 6.07) is 6.92. The number of hydrogen-bond acceptors (Lipinski definition) is 3. The fraction of sp³-hybridized carbons (Fsp3) is 0.429. The minimum Gasteiger partial charge on any atom is -0.508 e. The molecule has 2 rings (SSSR count). The number of nitrogens with one attached hydrogen (secondary N) is 1. The Balaban J connectivity index is 1.86. The molecule has 1 amide bonds. The van der Waals surface area contributed by atoms with Crippen LogP contribution in [0, 0.1) is 0 Å². The minimum atomic E-state index is -0.101. The lowest BCUT2D eigenvalue weighted by Gasteiger charge is -2.22. The highest BCUT2D eigenvalue weighted by Gasteiger charge is 2.20. The molecule has 1 saturated carbocycles. The Bertz CT molecular complexity index is 446. The van der Waals surface area contributed by atoms with Crippen molar-refractivity contribution in [3.63, 3.8) is 0 Å². The van der Waals surface area contributed by atoms with E-state index in [1.54, 1.807) is 24.3 Å². The lowest BCUT2D eigenvalue weighted by atomic mass is 9.94. The number of para-hydroxylation sites is 1.